The second kappa shape index (κ2) is 22.2. The molecule has 1 aliphatic heterocycles. The summed E-state index contributed by atoms with van der Waals surface area (Å²) in [7, 11) is 1.47. The second-order valence-electron chi connectivity index (χ2n) is 17.0. The molecule has 14 heteroatoms. The lowest BCUT2D eigenvalue weighted by molar-refractivity contribution is -0.123. The number of phenolic OH excluding ortho intramolecular Hbond substituents is 1. The van der Waals surface area contributed by atoms with Crippen LogP contribution in [-0.4, -0.2) is 51.4 Å². The van der Waals surface area contributed by atoms with Crippen molar-refractivity contribution < 1.29 is 29.0 Å². The molecule has 1 aliphatic rings. The van der Waals surface area contributed by atoms with Gasteiger partial charge in [0.05, 0.1) is 17.2 Å². The Morgan fingerprint density at radius 3 is 2.16 bits per heavy atom. The monoisotopic (exact) mass is 908 g/mol. The quantitative estimate of drug-likeness (QED) is 0.0659. The van der Waals surface area contributed by atoms with Crippen molar-refractivity contribution in [3.8, 4) is 28.6 Å². The third-order valence-electron chi connectivity index (χ3n) is 11.1. The third kappa shape index (κ3) is 12.0. The number of imidazole rings is 1. The lowest BCUT2D eigenvalue weighted by Gasteiger charge is -2.23. The molecule has 6 rings (SSSR count). The van der Waals surface area contributed by atoms with Crippen molar-refractivity contribution in [2.75, 3.05) is 17.4 Å². The predicted molar refractivity (Wildman–Crippen MR) is 255 cm³/mol. The molecule has 338 valence electrons. The van der Waals surface area contributed by atoms with Crippen molar-refractivity contribution in [2.24, 2.45) is 5.10 Å². The van der Waals surface area contributed by atoms with Gasteiger partial charge in [-0.1, -0.05) is 145 Å². The van der Waals surface area contributed by atoms with Crippen LogP contribution >= 0.6 is 23.2 Å². The van der Waals surface area contributed by atoms with E-state index in [1.807, 2.05) is 51.1 Å². The van der Waals surface area contributed by atoms with E-state index in [0.717, 1.165) is 36.3 Å². The van der Waals surface area contributed by atoms with Crippen LogP contribution in [0.4, 0.5) is 11.4 Å². The van der Waals surface area contributed by atoms with Gasteiger partial charge in [-0.15, -0.1) is 5.10 Å². The van der Waals surface area contributed by atoms with Gasteiger partial charge in [-0.25, -0.2) is 4.98 Å². The number of halogens is 2. The molecule has 0 saturated carbocycles. The molecule has 0 aliphatic carbocycles. The molecule has 0 fully saturated rings. The number of amidine groups is 1. The first-order valence-electron chi connectivity index (χ1n) is 22.0. The lowest BCUT2D eigenvalue weighted by Crippen LogP contribution is -2.38. The van der Waals surface area contributed by atoms with Crippen LogP contribution in [0.1, 0.15) is 120 Å². The Morgan fingerprint density at radius 2 is 1.50 bits per heavy atom. The third-order valence-corrected chi connectivity index (χ3v) is 11.7. The van der Waals surface area contributed by atoms with Crippen molar-refractivity contribution >= 4 is 58.1 Å². The number of ether oxygens (including phenoxy) is 2. The minimum atomic E-state index is -1.17. The molecule has 2 heterocycles. The minimum absolute atomic E-state index is 0.00366. The average Bonchev–Trinajstić information content (AvgIpc) is 3.87. The van der Waals surface area contributed by atoms with Crippen LogP contribution in [0.5, 0.6) is 17.2 Å². The molecule has 4 aromatic carbocycles. The summed E-state index contributed by atoms with van der Waals surface area (Å²) in [6.07, 6.45) is 14.4. The SMILES string of the molecule is CCCCCCCCCCCCC(Oc1ccc(O)c(C(C)(C)C)c1)C(=O)Nc1cccc(C(=O)NC2=NN(c3c(Cl)cc(OC)cc3Cl)C(=O)C2n2ccnc2-c2ccccc2)c1. The molecule has 0 bridgehead atoms. The van der Waals surface area contributed by atoms with Crippen molar-refractivity contribution in [1.82, 2.24) is 14.9 Å². The molecule has 5 aromatic rings. The van der Waals surface area contributed by atoms with Gasteiger partial charge in [0.1, 0.15) is 28.8 Å². The average molecular weight is 910 g/mol. The first-order chi connectivity index (χ1) is 30.8. The summed E-state index contributed by atoms with van der Waals surface area (Å²) >= 11 is 13.3. The minimum Gasteiger partial charge on any atom is -0.508 e. The van der Waals surface area contributed by atoms with Crippen LogP contribution in [-0.2, 0) is 15.0 Å². The second-order valence-corrected chi connectivity index (χ2v) is 17.8. The number of nitrogens with one attached hydrogen (secondary N) is 2. The maximum atomic E-state index is 14.4. The molecule has 1 aromatic heterocycles. The van der Waals surface area contributed by atoms with Crippen molar-refractivity contribution in [3.63, 3.8) is 0 Å². The summed E-state index contributed by atoms with van der Waals surface area (Å²) < 4.78 is 13.3. The topological polar surface area (TPSA) is 147 Å². The summed E-state index contributed by atoms with van der Waals surface area (Å²) in [5.74, 6) is -0.0122. The molecule has 0 saturated heterocycles. The largest absolute Gasteiger partial charge is 0.508 e. The smallest absolute Gasteiger partial charge is 0.278 e. The molecule has 3 N–H and O–H groups in total. The molecule has 12 nitrogen and oxygen atoms in total. The number of anilines is 2. The molecule has 2 atom stereocenters. The van der Waals surface area contributed by atoms with E-state index >= 15 is 0 Å². The van der Waals surface area contributed by atoms with E-state index in [9.17, 15) is 19.5 Å². The Balaban J connectivity index is 1.21. The molecule has 2 unspecified atom stereocenters. The maximum Gasteiger partial charge on any atom is 0.278 e. The van der Waals surface area contributed by atoms with E-state index < -0.39 is 24.0 Å². The van der Waals surface area contributed by atoms with Gasteiger partial charge < -0.3 is 29.8 Å². The zero-order valence-electron chi connectivity index (χ0n) is 37.2. The molecular formula is C50H58Cl2N6O6. The number of carbonyl (C=O) groups excluding carboxylic acids is 3. The van der Waals surface area contributed by atoms with Crippen molar-refractivity contribution in [3.05, 3.63) is 118 Å². The number of aromatic nitrogens is 2. The molecule has 0 spiro atoms. The molecule has 64 heavy (non-hydrogen) atoms. The summed E-state index contributed by atoms with van der Waals surface area (Å²) in [5, 5.41) is 22.3. The Labute approximate surface area is 386 Å². The lowest BCUT2D eigenvalue weighted by atomic mass is 9.86. The van der Waals surface area contributed by atoms with Gasteiger partial charge in [0.2, 0.25) is 0 Å². The number of hydrazone groups is 1. The number of hydrogen-bond acceptors (Lipinski definition) is 8. The normalized spacial score (nSPS) is 14.3. The van der Waals surface area contributed by atoms with Gasteiger partial charge in [-0.05, 0) is 54.7 Å². The fraction of sp³-hybridized carbons (Fsp3) is 0.380. The number of unbranched alkanes of at least 4 members (excludes halogenated alkanes) is 9. The van der Waals surface area contributed by atoms with Gasteiger partial charge in [-0.2, -0.15) is 5.01 Å². The maximum absolute atomic E-state index is 14.4. The summed E-state index contributed by atoms with van der Waals surface area (Å²) in [5.41, 5.74) is 1.78. The highest BCUT2D eigenvalue weighted by molar-refractivity contribution is 6.40. The zero-order valence-corrected chi connectivity index (χ0v) is 38.7. The van der Waals surface area contributed by atoms with Crippen LogP contribution in [0, 0.1) is 0 Å². The number of hydrogen-bond donors (Lipinski definition) is 3. The van der Waals surface area contributed by atoms with Gasteiger partial charge in [0, 0.05) is 46.9 Å². The van der Waals surface area contributed by atoms with E-state index in [1.165, 1.54) is 57.8 Å². The predicted octanol–water partition coefficient (Wildman–Crippen LogP) is 11.9. The zero-order chi connectivity index (χ0) is 45.8. The summed E-state index contributed by atoms with van der Waals surface area (Å²) in [4.78, 5) is 47.1. The standard InChI is InChI=1S/C50H58Cl2N6O6/c1-6-7-8-9-10-11-12-13-14-18-24-42(64-36-25-26-41(59)38(30-36)50(2,3)4)48(61)54-35-23-19-22-34(29-35)47(60)55-45-44(57-28-27-53-46(57)33-20-16-15-17-21-33)49(62)58(56-45)43-39(51)31-37(63-5)32-40(43)52/h15-17,19-23,25-32,42,44,59H,6-14,18,24H2,1-5H3,(H,54,61)(H,55,56,60). The highest BCUT2D eigenvalue weighted by atomic mass is 35.5. The van der Waals surface area contributed by atoms with Gasteiger partial charge in [0.25, 0.3) is 17.7 Å². The Kier molecular flexibility index (Phi) is 16.5. The number of methoxy groups -OCH3 is 1. The number of benzene rings is 4. The fourth-order valence-electron chi connectivity index (χ4n) is 7.71. The van der Waals surface area contributed by atoms with Gasteiger partial charge in [0.15, 0.2) is 18.0 Å². The van der Waals surface area contributed by atoms with E-state index in [2.05, 4.69) is 27.6 Å². The van der Waals surface area contributed by atoms with Crippen LogP contribution in [0.3, 0.4) is 0 Å². The van der Waals surface area contributed by atoms with Gasteiger partial charge >= 0.3 is 0 Å². The molecule has 0 radical (unpaired) electrons. The van der Waals surface area contributed by atoms with Crippen molar-refractivity contribution in [2.45, 2.75) is 116 Å². The van der Waals surface area contributed by atoms with E-state index in [0.29, 0.717) is 35.0 Å². The van der Waals surface area contributed by atoms with E-state index in [-0.39, 0.29) is 44.2 Å². The summed E-state index contributed by atoms with van der Waals surface area (Å²) in [6, 6.07) is 22.7. The Bertz CT molecular complexity index is 2410. The number of nitrogens with zero attached hydrogens (tertiary/aromatic N) is 4. The van der Waals surface area contributed by atoms with Crippen LogP contribution < -0.4 is 25.1 Å². The number of amides is 3. The number of phenols is 1. The van der Waals surface area contributed by atoms with E-state index in [4.69, 9.17) is 32.7 Å². The first-order valence-corrected chi connectivity index (χ1v) is 22.8. The number of aromatic hydroxyl groups is 1. The Hall–Kier alpha value is -5.85. The number of carbonyl (C=O) groups is 3. The highest BCUT2D eigenvalue weighted by Gasteiger charge is 2.42. The highest BCUT2D eigenvalue weighted by Crippen LogP contribution is 2.41. The van der Waals surface area contributed by atoms with Crippen LogP contribution in [0.15, 0.2) is 102 Å². The molecule has 3 amide bonds. The van der Waals surface area contributed by atoms with Crippen LogP contribution in [0.2, 0.25) is 10.0 Å². The Morgan fingerprint density at radius 1 is 0.828 bits per heavy atom. The van der Waals surface area contributed by atoms with Gasteiger partial charge in [-0.3, -0.25) is 14.4 Å². The molecular weight excluding hydrogens is 851 g/mol. The van der Waals surface area contributed by atoms with Crippen LogP contribution in [0.25, 0.3) is 11.4 Å². The van der Waals surface area contributed by atoms with E-state index in [1.54, 1.807) is 59.4 Å². The number of rotatable bonds is 20. The van der Waals surface area contributed by atoms with Crippen molar-refractivity contribution in [1.29, 1.82) is 0 Å². The fourth-order valence-corrected chi connectivity index (χ4v) is 8.33. The first kappa shape index (κ1) is 47.6. The summed E-state index contributed by atoms with van der Waals surface area (Å²) in [6.45, 7) is 8.23.